The van der Waals surface area contributed by atoms with Crippen LogP contribution in [0.15, 0.2) is 0 Å². The Morgan fingerprint density at radius 3 is 2.20 bits per heavy atom. The fourth-order valence-corrected chi connectivity index (χ4v) is 2.24. The lowest BCUT2D eigenvalue weighted by molar-refractivity contribution is -0.145. The third-order valence-corrected chi connectivity index (χ3v) is 3.35. The van der Waals surface area contributed by atoms with Crippen molar-refractivity contribution >= 4 is 11.9 Å². The minimum absolute atomic E-state index is 0.163. The maximum Gasteiger partial charge on any atom is 0.324 e. The molecule has 110 valence electrons. The van der Waals surface area contributed by atoms with Crippen LogP contribution in [0.4, 0.5) is 5.95 Å². The second kappa shape index (κ2) is 5.89. The Bertz CT molecular complexity index is 474. The zero-order valence-corrected chi connectivity index (χ0v) is 12.0. The molecule has 1 aromatic heterocycles. The van der Waals surface area contributed by atoms with Gasteiger partial charge in [0.1, 0.15) is 0 Å². The number of esters is 1. The van der Waals surface area contributed by atoms with Crippen LogP contribution in [0.3, 0.4) is 0 Å². The molecule has 1 aromatic rings. The molecule has 0 spiro atoms. The van der Waals surface area contributed by atoms with Crippen LogP contribution in [0.1, 0.15) is 6.92 Å². The van der Waals surface area contributed by atoms with Crippen LogP contribution in [-0.4, -0.2) is 55.3 Å². The summed E-state index contributed by atoms with van der Waals surface area (Å²) in [5.41, 5.74) is 0. The van der Waals surface area contributed by atoms with E-state index in [1.54, 1.807) is 0 Å². The summed E-state index contributed by atoms with van der Waals surface area (Å²) in [5, 5.41) is 0. The van der Waals surface area contributed by atoms with Crippen LogP contribution >= 0.6 is 0 Å². The highest BCUT2D eigenvalue weighted by molar-refractivity contribution is 5.74. The third kappa shape index (κ3) is 2.73. The van der Waals surface area contributed by atoms with Gasteiger partial charge in [0.05, 0.1) is 27.2 Å². The number of hydrogen-bond donors (Lipinski definition) is 0. The van der Waals surface area contributed by atoms with Crippen molar-refractivity contribution in [3.05, 3.63) is 0 Å². The Labute approximate surface area is 117 Å². The summed E-state index contributed by atoms with van der Waals surface area (Å²) in [5.74, 6) is 0.199. The zero-order valence-electron chi connectivity index (χ0n) is 12.0. The summed E-state index contributed by atoms with van der Waals surface area (Å²) in [7, 11) is 4.34. The molecular weight excluding hydrogens is 264 g/mol. The molecule has 1 fully saturated rings. The van der Waals surface area contributed by atoms with Gasteiger partial charge < -0.3 is 19.1 Å². The molecule has 0 aliphatic carbocycles. The highest BCUT2D eigenvalue weighted by atomic mass is 16.5. The molecule has 8 heteroatoms. The molecule has 0 bridgehead atoms. The Balaban J connectivity index is 2.22. The van der Waals surface area contributed by atoms with E-state index in [1.807, 2.05) is 11.8 Å². The van der Waals surface area contributed by atoms with Gasteiger partial charge in [-0.2, -0.15) is 9.97 Å². The van der Waals surface area contributed by atoms with Crippen molar-refractivity contribution in [2.75, 3.05) is 39.3 Å². The average molecular weight is 282 g/mol. The van der Waals surface area contributed by atoms with Crippen LogP contribution < -0.4 is 14.4 Å². The van der Waals surface area contributed by atoms with Crippen LogP contribution in [0, 0.1) is 11.8 Å². The number of ether oxygens (including phenoxy) is 3. The van der Waals surface area contributed by atoms with Crippen LogP contribution in [0.25, 0.3) is 0 Å². The van der Waals surface area contributed by atoms with Crippen molar-refractivity contribution in [2.45, 2.75) is 6.92 Å². The molecule has 1 aliphatic rings. The molecule has 1 saturated heterocycles. The van der Waals surface area contributed by atoms with E-state index in [-0.39, 0.29) is 29.8 Å². The predicted molar refractivity (Wildman–Crippen MR) is 69.8 cm³/mol. The number of methoxy groups -OCH3 is 3. The van der Waals surface area contributed by atoms with E-state index < -0.39 is 0 Å². The lowest BCUT2D eigenvalue weighted by atomic mass is 9.99. The van der Waals surface area contributed by atoms with E-state index in [0.717, 1.165) is 0 Å². The summed E-state index contributed by atoms with van der Waals surface area (Å²) < 4.78 is 14.8. The summed E-state index contributed by atoms with van der Waals surface area (Å²) >= 11 is 0. The number of anilines is 1. The largest absolute Gasteiger partial charge is 0.469 e. The third-order valence-electron chi connectivity index (χ3n) is 3.35. The minimum Gasteiger partial charge on any atom is -0.469 e. The van der Waals surface area contributed by atoms with Gasteiger partial charge in [0.2, 0.25) is 5.95 Å². The lowest BCUT2D eigenvalue weighted by Gasteiger charge is -2.16. The number of hydrogen-bond acceptors (Lipinski definition) is 8. The normalized spacial score (nSPS) is 21.7. The van der Waals surface area contributed by atoms with Gasteiger partial charge in [-0.25, -0.2) is 0 Å². The molecule has 8 nitrogen and oxygen atoms in total. The Kier molecular flexibility index (Phi) is 4.21. The first kappa shape index (κ1) is 14.3. The quantitative estimate of drug-likeness (QED) is 0.720. The van der Waals surface area contributed by atoms with Crippen LogP contribution in [0.5, 0.6) is 12.0 Å². The Morgan fingerprint density at radius 1 is 1.10 bits per heavy atom. The molecular formula is C12H18N4O4. The van der Waals surface area contributed by atoms with Gasteiger partial charge >= 0.3 is 18.0 Å². The zero-order chi connectivity index (χ0) is 14.7. The van der Waals surface area contributed by atoms with E-state index in [4.69, 9.17) is 14.2 Å². The van der Waals surface area contributed by atoms with Gasteiger partial charge in [0, 0.05) is 13.1 Å². The lowest BCUT2D eigenvalue weighted by Crippen LogP contribution is -2.25. The van der Waals surface area contributed by atoms with Crippen LogP contribution in [0.2, 0.25) is 0 Å². The number of rotatable bonds is 4. The van der Waals surface area contributed by atoms with Gasteiger partial charge in [-0.3, -0.25) is 4.79 Å². The molecule has 1 aliphatic heterocycles. The van der Waals surface area contributed by atoms with Crippen molar-refractivity contribution in [1.82, 2.24) is 15.0 Å². The molecule has 2 rings (SSSR count). The van der Waals surface area contributed by atoms with Crippen molar-refractivity contribution in [2.24, 2.45) is 11.8 Å². The molecule has 20 heavy (non-hydrogen) atoms. The van der Waals surface area contributed by atoms with E-state index >= 15 is 0 Å². The van der Waals surface area contributed by atoms with Gasteiger partial charge in [0.25, 0.3) is 0 Å². The molecule has 2 atom stereocenters. The van der Waals surface area contributed by atoms with Gasteiger partial charge in [-0.15, -0.1) is 4.98 Å². The maximum absolute atomic E-state index is 11.7. The second-order valence-electron chi connectivity index (χ2n) is 4.62. The Hall–Kier alpha value is -2.12. The fourth-order valence-electron chi connectivity index (χ4n) is 2.24. The first-order valence-electron chi connectivity index (χ1n) is 6.25. The van der Waals surface area contributed by atoms with Crippen molar-refractivity contribution < 1.29 is 19.0 Å². The van der Waals surface area contributed by atoms with Crippen molar-refractivity contribution in [3.8, 4) is 12.0 Å². The van der Waals surface area contributed by atoms with E-state index in [0.29, 0.717) is 19.0 Å². The number of aromatic nitrogens is 3. The van der Waals surface area contributed by atoms with Gasteiger partial charge in [-0.05, 0) is 5.92 Å². The highest BCUT2D eigenvalue weighted by Crippen LogP contribution is 2.28. The summed E-state index contributed by atoms with van der Waals surface area (Å²) in [6, 6.07) is 0.363. The standard InChI is InChI=1S/C12H18N4O4/c1-7-5-16(6-8(7)9(17)18-2)10-13-11(19-3)15-12(14-10)20-4/h7-8H,5-6H2,1-4H3. The summed E-state index contributed by atoms with van der Waals surface area (Å²) in [6.07, 6.45) is 0. The van der Waals surface area contributed by atoms with Crippen molar-refractivity contribution in [3.63, 3.8) is 0 Å². The number of carbonyl (C=O) groups is 1. The Morgan fingerprint density at radius 2 is 1.70 bits per heavy atom. The summed E-state index contributed by atoms with van der Waals surface area (Å²) in [4.78, 5) is 25.9. The molecule has 0 radical (unpaired) electrons. The molecule has 2 unspecified atom stereocenters. The number of nitrogens with zero attached hydrogens (tertiary/aromatic N) is 4. The van der Waals surface area contributed by atoms with E-state index in [9.17, 15) is 4.79 Å². The molecule has 0 N–H and O–H groups in total. The van der Waals surface area contributed by atoms with Gasteiger partial charge in [-0.1, -0.05) is 6.92 Å². The average Bonchev–Trinajstić information content (AvgIpc) is 2.87. The van der Waals surface area contributed by atoms with E-state index in [1.165, 1.54) is 21.3 Å². The number of carbonyl (C=O) groups excluding carboxylic acids is 1. The van der Waals surface area contributed by atoms with Gasteiger partial charge in [0.15, 0.2) is 0 Å². The predicted octanol–water partition coefficient (Wildman–Crippen LogP) is 0.134. The monoisotopic (exact) mass is 282 g/mol. The summed E-state index contributed by atoms with van der Waals surface area (Å²) in [6.45, 7) is 3.16. The molecule has 0 aromatic carbocycles. The van der Waals surface area contributed by atoms with Crippen LogP contribution in [-0.2, 0) is 9.53 Å². The molecule has 0 amide bonds. The minimum atomic E-state index is -0.215. The molecule has 0 saturated carbocycles. The molecule has 2 heterocycles. The highest BCUT2D eigenvalue weighted by Gasteiger charge is 2.37. The smallest absolute Gasteiger partial charge is 0.324 e. The van der Waals surface area contributed by atoms with E-state index in [2.05, 4.69) is 15.0 Å². The first-order valence-corrected chi connectivity index (χ1v) is 6.25. The SMILES string of the molecule is COC(=O)C1CN(c2nc(OC)nc(OC)n2)CC1C. The van der Waals surface area contributed by atoms with Crippen molar-refractivity contribution in [1.29, 1.82) is 0 Å². The fraction of sp³-hybridized carbons (Fsp3) is 0.667. The topological polar surface area (TPSA) is 86.7 Å². The maximum atomic E-state index is 11.7. The second-order valence-corrected chi connectivity index (χ2v) is 4.62. The first-order chi connectivity index (χ1) is 9.58.